The molecule has 0 aliphatic heterocycles. The normalized spacial score (nSPS) is 13.8. The molecule has 0 bridgehead atoms. The van der Waals surface area contributed by atoms with E-state index in [1.807, 2.05) is 61.5 Å². The third kappa shape index (κ3) is 6.87. The maximum Gasteiger partial charge on any atom is 0.314 e. The SMILES string of the molecule is COC[C@](C)(C[C@H](N)Cc1ccc(-c2cc(Cl)ccc2F)cc1)C(=O)OCc1ccccc1. The highest BCUT2D eigenvalue weighted by molar-refractivity contribution is 6.30. The maximum atomic E-state index is 14.1. The fourth-order valence-corrected chi connectivity index (χ4v) is 4.08. The molecule has 2 N–H and O–H groups in total. The van der Waals surface area contributed by atoms with Crippen LogP contribution in [0.25, 0.3) is 11.1 Å². The van der Waals surface area contributed by atoms with Crippen molar-refractivity contribution in [3.8, 4) is 11.1 Å². The van der Waals surface area contributed by atoms with Crippen molar-refractivity contribution in [2.75, 3.05) is 13.7 Å². The van der Waals surface area contributed by atoms with Gasteiger partial charge in [-0.3, -0.25) is 4.79 Å². The van der Waals surface area contributed by atoms with Crippen molar-refractivity contribution < 1.29 is 18.7 Å². The molecule has 0 aliphatic carbocycles. The van der Waals surface area contributed by atoms with Crippen LogP contribution in [0.15, 0.2) is 72.8 Å². The first-order valence-electron chi connectivity index (χ1n) is 10.8. The number of benzene rings is 3. The fraction of sp³-hybridized carbons (Fsp3) is 0.296. The average molecular weight is 470 g/mol. The molecular formula is C27H29ClFNO3. The van der Waals surface area contributed by atoms with E-state index >= 15 is 0 Å². The van der Waals surface area contributed by atoms with Gasteiger partial charge in [-0.2, -0.15) is 0 Å². The van der Waals surface area contributed by atoms with Crippen molar-refractivity contribution in [3.05, 3.63) is 94.8 Å². The second kappa shape index (κ2) is 11.4. The number of nitrogens with two attached hydrogens (primary N) is 1. The van der Waals surface area contributed by atoms with E-state index in [2.05, 4.69) is 0 Å². The molecule has 3 aromatic rings. The third-order valence-corrected chi connectivity index (χ3v) is 5.81. The zero-order valence-corrected chi connectivity index (χ0v) is 19.6. The number of carbonyl (C=O) groups excluding carboxylic acids is 1. The lowest BCUT2D eigenvalue weighted by molar-refractivity contribution is -0.160. The van der Waals surface area contributed by atoms with Crippen molar-refractivity contribution in [1.82, 2.24) is 0 Å². The molecule has 0 radical (unpaired) electrons. The molecule has 33 heavy (non-hydrogen) atoms. The van der Waals surface area contributed by atoms with Gasteiger partial charge < -0.3 is 15.2 Å². The molecule has 174 valence electrons. The van der Waals surface area contributed by atoms with E-state index in [4.69, 9.17) is 26.8 Å². The van der Waals surface area contributed by atoms with Gasteiger partial charge in [0.05, 0.1) is 12.0 Å². The summed E-state index contributed by atoms with van der Waals surface area (Å²) in [6, 6.07) is 21.3. The predicted octanol–water partition coefficient (Wildman–Crippen LogP) is 5.80. The molecule has 0 spiro atoms. The molecule has 0 aliphatic rings. The van der Waals surface area contributed by atoms with E-state index in [1.165, 1.54) is 12.1 Å². The van der Waals surface area contributed by atoms with Gasteiger partial charge in [-0.25, -0.2) is 4.39 Å². The highest BCUT2D eigenvalue weighted by Crippen LogP contribution is 2.29. The number of ether oxygens (including phenoxy) is 2. The van der Waals surface area contributed by atoms with Gasteiger partial charge in [-0.1, -0.05) is 66.2 Å². The van der Waals surface area contributed by atoms with Crippen molar-refractivity contribution in [2.24, 2.45) is 11.1 Å². The van der Waals surface area contributed by atoms with Gasteiger partial charge in [0.25, 0.3) is 0 Å². The second-order valence-corrected chi connectivity index (χ2v) is 8.98. The van der Waals surface area contributed by atoms with Crippen LogP contribution in [0.4, 0.5) is 4.39 Å². The van der Waals surface area contributed by atoms with Crippen LogP contribution in [-0.2, 0) is 27.3 Å². The van der Waals surface area contributed by atoms with E-state index < -0.39 is 5.41 Å². The summed E-state index contributed by atoms with van der Waals surface area (Å²) in [5.41, 5.74) is 8.65. The monoisotopic (exact) mass is 469 g/mol. The van der Waals surface area contributed by atoms with E-state index in [0.29, 0.717) is 23.4 Å². The minimum absolute atomic E-state index is 0.204. The molecule has 0 amide bonds. The standard InChI is InChI=1S/C27H29ClFNO3/c1-27(18-32-2,26(31)33-17-20-6-4-3-5-7-20)16-23(30)14-19-8-10-21(11-9-19)24-15-22(28)12-13-25(24)29/h3-13,15,23H,14,16-18,30H2,1-2H3/t23-,27+/m1/s1. The van der Waals surface area contributed by atoms with Gasteiger partial charge in [0.1, 0.15) is 12.4 Å². The molecule has 0 fully saturated rings. The van der Waals surface area contributed by atoms with Gasteiger partial charge >= 0.3 is 5.97 Å². The first-order chi connectivity index (χ1) is 15.8. The lowest BCUT2D eigenvalue weighted by atomic mass is 9.82. The summed E-state index contributed by atoms with van der Waals surface area (Å²) in [6.07, 6.45) is 0.961. The lowest BCUT2D eigenvalue weighted by Crippen LogP contribution is -2.40. The number of hydrogen-bond acceptors (Lipinski definition) is 4. The van der Waals surface area contributed by atoms with Crippen molar-refractivity contribution >= 4 is 17.6 Å². The lowest BCUT2D eigenvalue weighted by Gasteiger charge is -2.29. The summed E-state index contributed by atoms with van der Waals surface area (Å²) in [5.74, 6) is -0.663. The molecule has 0 unspecified atom stereocenters. The highest BCUT2D eigenvalue weighted by Gasteiger charge is 2.37. The summed E-state index contributed by atoms with van der Waals surface area (Å²) in [6.45, 7) is 2.23. The van der Waals surface area contributed by atoms with Crippen LogP contribution in [-0.4, -0.2) is 25.7 Å². The first-order valence-corrected chi connectivity index (χ1v) is 11.2. The zero-order valence-electron chi connectivity index (χ0n) is 18.9. The Bertz CT molecular complexity index is 1060. The second-order valence-electron chi connectivity index (χ2n) is 8.54. The topological polar surface area (TPSA) is 61.5 Å². The van der Waals surface area contributed by atoms with Crippen LogP contribution in [0.1, 0.15) is 24.5 Å². The molecule has 0 heterocycles. The molecule has 2 atom stereocenters. The summed E-state index contributed by atoms with van der Waals surface area (Å²) in [5, 5.41) is 0.481. The predicted molar refractivity (Wildman–Crippen MR) is 129 cm³/mol. The average Bonchev–Trinajstić information content (AvgIpc) is 2.80. The van der Waals surface area contributed by atoms with Gasteiger partial charge in [0.15, 0.2) is 0 Å². The Morgan fingerprint density at radius 2 is 1.76 bits per heavy atom. The Kier molecular flexibility index (Phi) is 8.61. The van der Waals surface area contributed by atoms with Gasteiger partial charge in [0.2, 0.25) is 0 Å². The number of esters is 1. The van der Waals surface area contributed by atoms with Crippen molar-refractivity contribution in [2.45, 2.75) is 32.4 Å². The van der Waals surface area contributed by atoms with Gasteiger partial charge in [-0.15, -0.1) is 0 Å². The third-order valence-electron chi connectivity index (χ3n) is 5.57. The number of carbonyl (C=O) groups is 1. The molecule has 3 rings (SSSR count). The van der Waals surface area contributed by atoms with Crippen molar-refractivity contribution in [1.29, 1.82) is 0 Å². The number of hydrogen-bond donors (Lipinski definition) is 1. The van der Waals surface area contributed by atoms with Crippen LogP contribution in [0, 0.1) is 11.2 Å². The first kappa shape index (κ1) is 24.9. The summed E-state index contributed by atoms with van der Waals surface area (Å²) < 4.78 is 25.0. The molecule has 0 aromatic heterocycles. The Labute approximate surface area is 199 Å². The van der Waals surface area contributed by atoms with Gasteiger partial charge in [-0.05, 0) is 54.7 Å². The largest absolute Gasteiger partial charge is 0.460 e. The minimum atomic E-state index is -0.868. The summed E-state index contributed by atoms with van der Waals surface area (Å²) in [4.78, 5) is 12.9. The highest BCUT2D eigenvalue weighted by atomic mass is 35.5. The zero-order chi connectivity index (χ0) is 23.8. The van der Waals surface area contributed by atoms with Crippen LogP contribution in [0.3, 0.4) is 0 Å². The quantitative estimate of drug-likeness (QED) is 0.381. The van der Waals surface area contributed by atoms with Crippen LogP contribution < -0.4 is 5.73 Å². The van der Waals surface area contributed by atoms with E-state index in [-0.39, 0.29) is 31.0 Å². The molecule has 3 aromatic carbocycles. The minimum Gasteiger partial charge on any atom is -0.460 e. The number of halogens is 2. The smallest absolute Gasteiger partial charge is 0.314 e. The number of methoxy groups -OCH3 is 1. The van der Waals surface area contributed by atoms with Crippen molar-refractivity contribution in [3.63, 3.8) is 0 Å². The molecular weight excluding hydrogens is 441 g/mol. The number of rotatable bonds is 10. The van der Waals surface area contributed by atoms with Crippen LogP contribution >= 0.6 is 11.6 Å². The van der Waals surface area contributed by atoms with E-state index in [9.17, 15) is 9.18 Å². The molecule has 4 nitrogen and oxygen atoms in total. The van der Waals surface area contributed by atoms with Crippen LogP contribution in [0.2, 0.25) is 5.02 Å². The Hall–Kier alpha value is -2.73. The molecule has 0 saturated carbocycles. The fourth-order valence-electron chi connectivity index (χ4n) is 3.91. The Morgan fingerprint density at radius 3 is 2.42 bits per heavy atom. The Morgan fingerprint density at radius 1 is 1.06 bits per heavy atom. The Balaban J connectivity index is 1.63. The van der Waals surface area contributed by atoms with Crippen LogP contribution in [0.5, 0.6) is 0 Å². The van der Waals surface area contributed by atoms with Gasteiger partial charge in [0, 0.05) is 23.7 Å². The maximum absolute atomic E-state index is 14.1. The summed E-state index contributed by atoms with van der Waals surface area (Å²) >= 11 is 6.01. The molecule has 6 heteroatoms. The van der Waals surface area contributed by atoms with E-state index in [1.54, 1.807) is 13.2 Å². The molecule has 0 saturated heterocycles. The summed E-state index contributed by atoms with van der Waals surface area (Å²) in [7, 11) is 1.56. The van der Waals surface area contributed by atoms with E-state index in [0.717, 1.165) is 16.7 Å².